The molecule has 8 heteroatoms. The molecule has 0 saturated heterocycles. The molecule has 82 valence electrons. The van der Waals surface area contributed by atoms with E-state index in [4.69, 9.17) is 16.1 Å². The number of hydrogen-bond acceptors (Lipinski definition) is 5. The molecule has 0 aromatic heterocycles. The Labute approximate surface area is 85.8 Å². The molecular weight excluding hydrogens is 222 g/mol. The van der Waals surface area contributed by atoms with Crippen LogP contribution in [0.5, 0.6) is 0 Å². The van der Waals surface area contributed by atoms with Crippen molar-refractivity contribution in [3.8, 4) is 0 Å². The van der Waals surface area contributed by atoms with Gasteiger partial charge in [0.15, 0.2) is 5.84 Å². The van der Waals surface area contributed by atoms with Crippen molar-refractivity contribution in [2.45, 2.75) is 4.90 Å². The molecule has 1 aromatic carbocycles. The molecule has 0 radical (unpaired) electrons. The van der Waals surface area contributed by atoms with E-state index in [1.807, 2.05) is 0 Å². The minimum Gasteiger partial charge on any atom is -0.409 e. The van der Waals surface area contributed by atoms with Gasteiger partial charge in [0.2, 0.25) is 0 Å². The Hall–Kier alpha value is -1.64. The first-order valence-corrected chi connectivity index (χ1v) is 5.23. The van der Waals surface area contributed by atoms with Crippen LogP contribution in [0.1, 0.15) is 5.56 Å². The maximum atomic E-state index is 11.1. The summed E-state index contributed by atoms with van der Waals surface area (Å²) in [7, 11) is -3.89. The summed E-state index contributed by atoms with van der Waals surface area (Å²) in [5.41, 5.74) is 5.64. The van der Waals surface area contributed by atoms with Crippen molar-refractivity contribution < 1.29 is 18.8 Å². The van der Waals surface area contributed by atoms with Crippen molar-refractivity contribution in [1.82, 2.24) is 4.89 Å². The van der Waals surface area contributed by atoms with E-state index in [2.05, 4.69) is 5.16 Å². The Morgan fingerprint density at radius 2 is 1.87 bits per heavy atom. The molecule has 7 nitrogen and oxygen atoms in total. The van der Waals surface area contributed by atoms with Crippen LogP contribution in [-0.4, -0.2) is 24.7 Å². The van der Waals surface area contributed by atoms with Gasteiger partial charge in [-0.1, -0.05) is 10.0 Å². The first-order chi connectivity index (χ1) is 7.01. The van der Waals surface area contributed by atoms with Crippen LogP contribution in [0.3, 0.4) is 0 Å². The van der Waals surface area contributed by atoms with Crippen LogP contribution in [0, 0.1) is 0 Å². The highest BCUT2D eigenvalue weighted by Gasteiger charge is 2.12. The second-order valence-corrected chi connectivity index (χ2v) is 4.27. The smallest absolute Gasteiger partial charge is 0.262 e. The Bertz CT molecular complexity index is 466. The summed E-state index contributed by atoms with van der Waals surface area (Å²) < 4.78 is 22.2. The third-order valence-electron chi connectivity index (χ3n) is 1.69. The molecule has 15 heavy (non-hydrogen) atoms. The lowest BCUT2D eigenvalue weighted by atomic mass is 10.2. The highest BCUT2D eigenvalue weighted by atomic mass is 32.2. The molecule has 1 aromatic rings. The van der Waals surface area contributed by atoms with E-state index in [-0.39, 0.29) is 10.7 Å². The van der Waals surface area contributed by atoms with E-state index in [1.54, 1.807) is 0 Å². The van der Waals surface area contributed by atoms with Crippen molar-refractivity contribution in [2.75, 3.05) is 0 Å². The zero-order valence-electron chi connectivity index (χ0n) is 7.45. The maximum Gasteiger partial charge on any atom is 0.262 e. The van der Waals surface area contributed by atoms with Gasteiger partial charge in [-0.25, -0.2) is 8.42 Å². The number of oxime groups is 1. The van der Waals surface area contributed by atoms with E-state index >= 15 is 0 Å². The standard InChI is InChI=1S/C7H9N3O4S/c8-7(9-11)5-1-3-6(4-2-5)15(13,14)10-12/h1-4,10-12H,(H2,8,9). The normalized spacial score (nSPS) is 12.7. The van der Waals surface area contributed by atoms with Crippen molar-refractivity contribution in [3.05, 3.63) is 29.8 Å². The number of amidine groups is 1. The van der Waals surface area contributed by atoms with Crippen LogP contribution in [0.4, 0.5) is 0 Å². The zero-order chi connectivity index (χ0) is 11.5. The van der Waals surface area contributed by atoms with E-state index < -0.39 is 10.0 Å². The monoisotopic (exact) mass is 231 g/mol. The summed E-state index contributed by atoms with van der Waals surface area (Å²) in [4.78, 5) is 1.06. The predicted molar refractivity (Wildman–Crippen MR) is 51.1 cm³/mol. The molecular formula is C7H9N3O4S. The number of rotatable bonds is 3. The van der Waals surface area contributed by atoms with Crippen molar-refractivity contribution >= 4 is 15.9 Å². The predicted octanol–water partition coefficient (Wildman–Crippen LogP) is -0.551. The first-order valence-electron chi connectivity index (χ1n) is 3.75. The highest BCUT2D eigenvalue weighted by molar-refractivity contribution is 7.89. The van der Waals surface area contributed by atoms with E-state index in [0.29, 0.717) is 5.56 Å². The minimum atomic E-state index is -3.89. The molecule has 0 fully saturated rings. The van der Waals surface area contributed by atoms with Gasteiger partial charge in [-0.05, 0) is 24.3 Å². The number of nitrogens with one attached hydrogen (secondary N) is 1. The molecule has 0 heterocycles. The van der Waals surface area contributed by atoms with E-state index in [1.165, 1.54) is 29.2 Å². The van der Waals surface area contributed by atoms with Gasteiger partial charge in [-0.15, -0.1) is 0 Å². The molecule has 0 aliphatic carbocycles. The summed E-state index contributed by atoms with van der Waals surface area (Å²) in [6.45, 7) is 0. The average Bonchev–Trinajstić information content (AvgIpc) is 2.28. The molecule has 1 rings (SSSR count). The number of sulfonamides is 1. The molecule has 0 atom stereocenters. The van der Waals surface area contributed by atoms with Crippen LogP contribution in [0.2, 0.25) is 0 Å². The number of hydrogen-bond donors (Lipinski definition) is 4. The molecule has 0 saturated carbocycles. The van der Waals surface area contributed by atoms with Gasteiger partial charge in [-0.3, -0.25) is 0 Å². The number of benzene rings is 1. The Morgan fingerprint density at radius 3 is 2.27 bits per heavy atom. The third-order valence-corrected chi connectivity index (χ3v) is 2.82. The molecule has 5 N–H and O–H groups in total. The van der Waals surface area contributed by atoms with E-state index in [9.17, 15) is 8.42 Å². The molecule has 0 bridgehead atoms. The highest BCUT2D eigenvalue weighted by Crippen LogP contribution is 2.09. The average molecular weight is 231 g/mol. The van der Waals surface area contributed by atoms with Crippen LogP contribution >= 0.6 is 0 Å². The number of nitrogens with zero attached hydrogens (tertiary/aromatic N) is 1. The molecule has 0 amide bonds. The SMILES string of the molecule is N/C(=N/O)c1ccc(S(=O)(=O)NO)cc1. The summed E-state index contributed by atoms with van der Waals surface area (Å²) in [6, 6.07) is 5.12. The molecule has 0 unspecified atom stereocenters. The largest absolute Gasteiger partial charge is 0.409 e. The van der Waals surface area contributed by atoms with Gasteiger partial charge < -0.3 is 16.1 Å². The topological polar surface area (TPSA) is 125 Å². The molecule has 0 aliphatic heterocycles. The summed E-state index contributed by atoms with van der Waals surface area (Å²) in [6.07, 6.45) is 0. The van der Waals surface area contributed by atoms with Crippen LogP contribution in [0.15, 0.2) is 34.3 Å². The maximum absolute atomic E-state index is 11.1. The third kappa shape index (κ3) is 2.43. The van der Waals surface area contributed by atoms with Crippen LogP contribution in [-0.2, 0) is 10.0 Å². The Balaban J connectivity index is 3.12. The first kappa shape index (κ1) is 11.4. The van der Waals surface area contributed by atoms with Crippen molar-refractivity contribution in [3.63, 3.8) is 0 Å². The minimum absolute atomic E-state index is 0.125. The number of nitrogens with two attached hydrogens (primary N) is 1. The Morgan fingerprint density at radius 1 is 1.33 bits per heavy atom. The van der Waals surface area contributed by atoms with Gasteiger partial charge in [0, 0.05) is 5.56 Å². The molecule has 0 aliphatic rings. The van der Waals surface area contributed by atoms with Crippen molar-refractivity contribution in [1.29, 1.82) is 0 Å². The van der Waals surface area contributed by atoms with Crippen molar-refractivity contribution in [2.24, 2.45) is 10.9 Å². The lowest BCUT2D eigenvalue weighted by molar-refractivity contribution is 0.242. The lowest BCUT2D eigenvalue weighted by Crippen LogP contribution is -2.19. The summed E-state index contributed by atoms with van der Waals surface area (Å²) >= 11 is 0. The quantitative estimate of drug-likeness (QED) is 0.240. The summed E-state index contributed by atoms with van der Waals surface area (Å²) in [5.74, 6) is -0.129. The summed E-state index contributed by atoms with van der Waals surface area (Å²) in [5, 5.41) is 19.5. The Kier molecular flexibility index (Phi) is 3.24. The zero-order valence-corrected chi connectivity index (χ0v) is 8.27. The van der Waals surface area contributed by atoms with Crippen LogP contribution < -0.4 is 10.6 Å². The van der Waals surface area contributed by atoms with Gasteiger partial charge >= 0.3 is 0 Å². The van der Waals surface area contributed by atoms with Gasteiger partial charge in [0.05, 0.1) is 4.90 Å². The lowest BCUT2D eigenvalue weighted by Gasteiger charge is -2.02. The van der Waals surface area contributed by atoms with Gasteiger partial charge in [0.25, 0.3) is 10.0 Å². The van der Waals surface area contributed by atoms with Crippen LogP contribution in [0.25, 0.3) is 0 Å². The fraction of sp³-hybridized carbons (Fsp3) is 0. The fourth-order valence-corrected chi connectivity index (χ4v) is 1.52. The molecule has 0 spiro atoms. The van der Waals surface area contributed by atoms with Gasteiger partial charge in [0.1, 0.15) is 0 Å². The van der Waals surface area contributed by atoms with E-state index in [0.717, 1.165) is 0 Å². The second kappa shape index (κ2) is 4.26. The fourth-order valence-electron chi connectivity index (χ4n) is 0.915. The second-order valence-electron chi connectivity index (χ2n) is 2.60. The van der Waals surface area contributed by atoms with Gasteiger partial charge in [-0.2, -0.15) is 0 Å².